The van der Waals surface area contributed by atoms with E-state index < -0.39 is 0 Å². The molecule has 2 rings (SSSR count). The number of nitrogens with one attached hydrogen (secondary N) is 1. The Kier molecular flexibility index (Phi) is 5.28. The number of aromatic nitrogens is 1. The van der Waals surface area contributed by atoms with Crippen LogP contribution in [0.25, 0.3) is 0 Å². The third-order valence-corrected chi connectivity index (χ3v) is 4.32. The lowest BCUT2D eigenvalue weighted by atomic mass is 9.84. The second kappa shape index (κ2) is 6.74. The molecule has 0 radical (unpaired) electrons. The average molecular weight is 287 g/mol. The largest absolute Gasteiger partial charge is 0.312 e. The van der Waals surface area contributed by atoms with Gasteiger partial charge in [-0.2, -0.15) is 0 Å². The maximum atomic E-state index is 6.23. The highest BCUT2D eigenvalue weighted by molar-refractivity contribution is 6.34. The van der Waals surface area contributed by atoms with Gasteiger partial charge in [-0.05, 0) is 25.5 Å². The van der Waals surface area contributed by atoms with E-state index in [0.717, 1.165) is 18.0 Å². The molecule has 1 aliphatic carbocycles. The highest BCUT2D eigenvalue weighted by Crippen LogP contribution is 2.33. The maximum absolute atomic E-state index is 6.23. The van der Waals surface area contributed by atoms with Crippen LogP contribution in [0.5, 0.6) is 0 Å². The zero-order chi connectivity index (χ0) is 13.0. The molecule has 0 bridgehead atoms. The van der Waals surface area contributed by atoms with Crippen LogP contribution in [-0.2, 0) is 0 Å². The van der Waals surface area contributed by atoms with Crippen molar-refractivity contribution in [2.75, 3.05) is 7.05 Å². The van der Waals surface area contributed by atoms with Crippen LogP contribution in [0.15, 0.2) is 12.3 Å². The molecule has 0 saturated heterocycles. The topological polar surface area (TPSA) is 24.9 Å². The summed E-state index contributed by atoms with van der Waals surface area (Å²) in [5, 5.41) is 4.59. The Balaban J connectivity index is 2.07. The van der Waals surface area contributed by atoms with Crippen molar-refractivity contribution in [3.05, 3.63) is 28.0 Å². The third kappa shape index (κ3) is 3.59. The summed E-state index contributed by atoms with van der Waals surface area (Å²) >= 11 is 12.1. The first-order valence-corrected chi connectivity index (χ1v) is 7.44. The first kappa shape index (κ1) is 14.1. The van der Waals surface area contributed by atoms with Crippen LogP contribution < -0.4 is 5.32 Å². The van der Waals surface area contributed by atoms with E-state index in [4.69, 9.17) is 23.2 Å². The van der Waals surface area contributed by atoms with Gasteiger partial charge in [0.15, 0.2) is 0 Å². The zero-order valence-electron chi connectivity index (χ0n) is 10.8. The second-order valence-electron chi connectivity index (χ2n) is 5.10. The minimum atomic E-state index is 0.234. The normalized spacial score (nSPS) is 18.8. The number of hydrogen-bond donors (Lipinski definition) is 1. The molecule has 0 aromatic carbocycles. The Morgan fingerprint density at radius 1 is 1.33 bits per heavy atom. The molecule has 1 unspecified atom stereocenters. The lowest BCUT2D eigenvalue weighted by Gasteiger charge is -2.26. The molecule has 100 valence electrons. The Morgan fingerprint density at radius 2 is 2.06 bits per heavy atom. The van der Waals surface area contributed by atoms with Crippen molar-refractivity contribution in [3.63, 3.8) is 0 Å². The summed E-state index contributed by atoms with van der Waals surface area (Å²) in [5.41, 5.74) is 0.925. The van der Waals surface area contributed by atoms with Gasteiger partial charge < -0.3 is 5.32 Å². The predicted octanol–water partition coefficient (Wildman–Crippen LogP) is 4.62. The maximum Gasteiger partial charge on any atom is 0.0760 e. The summed E-state index contributed by atoms with van der Waals surface area (Å²) in [5.74, 6) is 0.796. The van der Waals surface area contributed by atoms with Crippen molar-refractivity contribution in [2.24, 2.45) is 5.92 Å². The molecular formula is C14H20Cl2N2. The van der Waals surface area contributed by atoms with Crippen LogP contribution in [0.4, 0.5) is 0 Å². The molecule has 1 heterocycles. The van der Waals surface area contributed by atoms with Gasteiger partial charge in [-0.25, -0.2) is 0 Å². The molecule has 1 aliphatic rings. The van der Waals surface area contributed by atoms with Crippen LogP contribution >= 0.6 is 23.2 Å². The van der Waals surface area contributed by atoms with Crippen molar-refractivity contribution in [1.29, 1.82) is 0 Å². The summed E-state index contributed by atoms with van der Waals surface area (Å²) in [6, 6.07) is 2.01. The molecule has 18 heavy (non-hydrogen) atoms. The van der Waals surface area contributed by atoms with E-state index in [0.29, 0.717) is 10.0 Å². The Morgan fingerprint density at radius 3 is 2.67 bits per heavy atom. The lowest BCUT2D eigenvalue weighted by Crippen LogP contribution is -2.22. The van der Waals surface area contributed by atoms with Crippen LogP contribution in [-0.4, -0.2) is 12.0 Å². The summed E-state index contributed by atoms with van der Waals surface area (Å²) in [7, 11) is 1.97. The quantitative estimate of drug-likeness (QED) is 0.874. The first-order valence-electron chi connectivity index (χ1n) is 6.69. The molecule has 4 heteroatoms. The Bertz CT molecular complexity index is 389. The molecule has 1 fully saturated rings. The SMILES string of the molecule is CNC(CC1CCCCC1)c1ncc(Cl)cc1Cl. The van der Waals surface area contributed by atoms with Crippen molar-refractivity contribution in [3.8, 4) is 0 Å². The average Bonchev–Trinajstić information content (AvgIpc) is 2.38. The van der Waals surface area contributed by atoms with Crippen molar-refractivity contribution in [1.82, 2.24) is 10.3 Å². The van der Waals surface area contributed by atoms with Crippen molar-refractivity contribution >= 4 is 23.2 Å². The minimum absolute atomic E-state index is 0.234. The van der Waals surface area contributed by atoms with Gasteiger partial charge in [0, 0.05) is 6.20 Å². The predicted molar refractivity (Wildman–Crippen MR) is 77.2 cm³/mol. The molecule has 0 aliphatic heterocycles. The van der Waals surface area contributed by atoms with Gasteiger partial charge in [-0.1, -0.05) is 55.3 Å². The van der Waals surface area contributed by atoms with Gasteiger partial charge in [-0.15, -0.1) is 0 Å². The Labute approximate surface area is 119 Å². The molecule has 0 spiro atoms. The van der Waals surface area contributed by atoms with Crippen molar-refractivity contribution in [2.45, 2.75) is 44.6 Å². The fraction of sp³-hybridized carbons (Fsp3) is 0.643. The van der Waals surface area contributed by atoms with Crippen molar-refractivity contribution < 1.29 is 0 Å². The van der Waals surface area contributed by atoms with Crippen LogP contribution in [0, 0.1) is 5.92 Å². The highest BCUT2D eigenvalue weighted by Gasteiger charge is 2.21. The molecule has 1 atom stereocenters. The molecule has 1 aromatic heterocycles. The van der Waals surface area contributed by atoms with E-state index in [9.17, 15) is 0 Å². The summed E-state index contributed by atoms with van der Waals surface area (Å²) in [6.45, 7) is 0. The van der Waals surface area contributed by atoms with Crippen LogP contribution in [0.1, 0.15) is 50.3 Å². The van der Waals surface area contributed by atoms with Gasteiger partial charge >= 0.3 is 0 Å². The number of rotatable bonds is 4. The van der Waals surface area contributed by atoms with Gasteiger partial charge in [0.25, 0.3) is 0 Å². The van der Waals surface area contributed by atoms with Gasteiger partial charge in [0.2, 0.25) is 0 Å². The fourth-order valence-corrected chi connectivity index (χ4v) is 3.32. The van der Waals surface area contributed by atoms with E-state index in [1.54, 1.807) is 12.3 Å². The number of halogens is 2. The molecular weight excluding hydrogens is 267 g/mol. The number of pyridine rings is 1. The van der Waals surface area contributed by atoms with Crippen LogP contribution in [0.3, 0.4) is 0 Å². The molecule has 1 saturated carbocycles. The smallest absolute Gasteiger partial charge is 0.0760 e. The Hall–Kier alpha value is -0.310. The monoisotopic (exact) mass is 286 g/mol. The summed E-state index contributed by atoms with van der Waals surface area (Å²) in [4.78, 5) is 4.39. The number of hydrogen-bond acceptors (Lipinski definition) is 2. The minimum Gasteiger partial charge on any atom is -0.312 e. The van der Waals surface area contributed by atoms with E-state index in [2.05, 4.69) is 10.3 Å². The zero-order valence-corrected chi connectivity index (χ0v) is 12.3. The van der Waals surface area contributed by atoms with E-state index in [1.165, 1.54) is 32.1 Å². The van der Waals surface area contributed by atoms with Gasteiger partial charge in [-0.3, -0.25) is 4.98 Å². The lowest BCUT2D eigenvalue weighted by molar-refractivity contribution is 0.303. The summed E-state index contributed by atoms with van der Waals surface area (Å²) < 4.78 is 0. The molecule has 2 nitrogen and oxygen atoms in total. The fourth-order valence-electron chi connectivity index (χ4n) is 2.80. The van der Waals surface area contributed by atoms with Gasteiger partial charge in [0.05, 0.1) is 21.8 Å². The van der Waals surface area contributed by atoms with E-state index >= 15 is 0 Å². The highest BCUT2D eigenvalue weighted by atomic mass is 35.5. The third-order valence-electron chi connectivity index (χ3n) is 3.81. The van der Waals surface area contributed by atoms with E-state index in [-0.39, 0.29) is 6.04 Å². The first-order chi connectivity index (χ1) is 8.70. The van der Waals surface area contributed by atoms with Gasteiger partial charge in [0.1, 0.15) is 0 Å². The van der Waals surface area contributed by atoms with E-state index in [1.807, 2.05) is 7.05 Å². The standard InChI is InChI=1S/C14H20Cl2N2/c1-17-13(7-10-5-3-2-4-6-10)14-12(16)8-11(15)9-18-14/h8-10,13,17H,2-7H2,1H3. The molecule has 0 amide bonds. The molecule has 1 N–H and O–H groups in total. The number of nitrogens with zero attached hydrogens (tertiary/aromatic N) is 1. The van der Waals surface area contributed by atoms with Crippen LogP contribution in [0.2, 0.25) is 10.0 Å². The second-order valence-corrected chi connectivity index (χ2v) is 5.95. The summed E-state index contributed by atoms with van der Waals surface area (Å²) in [6.07, 6.45) is 9.58. The molecule has 1 aromatic rings.